The van der Waals surface area contributed by atoms with Crippen molar-refractivity contribution >= 4 is 5.90 Å². The van der Waals surface area contributed by atoms with Crippen LogP contribution in [0, 0.1) is 0 Å². The molecule has 0 radical (unpaired) electrons. The summed E-state index contributed by atoms with van der Waals surface area (Å²) in [6, 6.07) is 19.6. The van der Waals surface area contributed by atoms with Crippen LogP contribution in [0.25, 0.3) is 0 Å². The number of rotatable bonds is 6. The van der Waals surface area contributed by atoms with Gasteiger partial charge in [-0.05, 0) is 24.0 Å². The topological polar surface area (TPSA) is 67.8 Å². The monoisotopic (exact) mass is 310 g/mol. The van der Waals surface area contributed by atoms with E-state index in [9.17, 15) is 5.11 Å². The van der Waals surface area contributed by atoms with Gasteiger partial charge in [-0.15, -0.1) is 0 Å². The highest BCUT2D eigenvalue weighted by Gasteiger charge is 2.29. The Labute approximate surface area is 136 Å². The minimum absolute atomic E-state index is 0.0535. The largest absolute Gasteiger partial charge is 0.476 e. The van der Waals surface area contributed by atoms with Gasteiger partial charge in [-0.1, -0.05) is 60.7 Å². The molecule has 4 heteroatoms. The van der Waals surface area contributed by atoms with E-state index in [-0.39, 0.29) is 12.1 Å². The van der Waals surface area contributed by atoms with Gasteiger partial charge in [-0.25, -0.2) is 4.99 Å². The van der Waals surface area contributed by atoms with Crippen molar-refractivity contribution in [2.75, 3.05) is 6.61 Å². The molecule has 0 aromatic heterocycles. The van der Waals surface area contributed by atoms with Crippen LogP contribution in [0.1, 0.15) is 23.6 Å². The van der Waals surface area contributed by atoms with Gasteiger partial charge >= 0.3 is 0 Å². The summed E-state index contributed by atoms with van der Waals surface area (Å²) in [4.78, 5) is 4.50. The van der Waals surface area contributed by atoms with E-state index in [1.807, 2.05) is 48.5 Å². The molecule has 0 bridgehead atoms. The number of hydrogen-bond acceptors (Lipinski definition) is 4. The normalized spacial score (nSPS) is 19.7. The first-order chi connectivity index (χ1) is 11.2. The van der Waals surface area contributed by atoms with E-state index in [1.54, 1.807) is 0 Å². The number of aliphatic hydroxyl groups excluding tert-OH is 1. The smallest absolute Gasteiger partial charge is 0.215 e. The molecule has 3 atom stereocenters. The molecular formula is C19H22N2O2. The number of aliphatic imine (C=N–C) groups is 1. The predicted octanol–water partition coefficient (Wildman–Crippen LogP) is 2.48. The Balaban J connectivity index is 1.58. The summed E-state index contributed by atoms with van der Waals surface area (Å²) < 4.78 is 5.57. The predicted molar refractivity (Wildman–Crippen MR) is 91.3 cm³/mol. The maximum atomic E-state index is 10.4. The zero-order chi connectivity index (χ0) is 16.1. The number of aliphatic hydroxyl groups is 1. The van der Waals surface area contributed by atoms with E-state index in [1.165, 1.54) is 5.56 Å². The Morgan fingerprint density at radius 3 is 2.43 bits per heavy atom. The fraction of sp³-hybridized carbons (Fsp3) is 0.316. The molecular weight excluding hydrogens is 288 g/mol. The molecule has 4 nitrogen and oxygen atoms in total. The zero-order valence-electron chi connectivity index (χ0n) is 13.0. The lowest BCUT2D eigenvalue weighted by Crippen LogP contribution is -2.41. The lowest BCUT2D eigenvalue weighted by Gasteiger charge is -2.18. The van der Waals surface area contributed by atoms with Crippen LogP contribution in [0.3, 0.4) is 0 Å². The first kappa shape index (κ1) is 15.7. The maximum absolute atomic E-state index is 10.4. The van der Waals surface area contributed by atoms with Gasteiger partial charge in [-0.3, -0.25) is 0 Å². The Hall–Kier alpha value is -2.17. The highest BCUT2D eigenvalue weighted by Crippen LogP contribution is 2.24. The molecule has 0 fully saturated rings. The Kier molecular flexibility index (Phi) is 5.05. The molecule has 0 spiro atoms. The van der Waals surface area contributed by atoms with Crippen molar-refractivity contribution in [2.45, 2.75) is 31.0 Å². The van der Waals surface area contributed by atoms with E-state index in [0.29, 0.717) is 18.9 Å². The lowest BCUT2D eigenvalue weighted by atomic mass is 10.0. The van der Waals surface area contributed by atoms with Crippen molar-refractivity contribution in [3.05, 3.63) is 71.8 Å². The Bertz CT molecular complexity index is 643. The van der Waals surface area contributed by atoms with Crippen molar-refractivity contribution in [2.24, 2.45) is 10.7 Å². The molecule has 3 N–H and O–H groups in total. The van der Waals surface area contributed by atoms with Crippen LogP contribution in [-0.2, 0) is 11.2 Å². The van der Waals surface area contributed by atoms with E-state index in [2.05, 4.69) is 17.1 Å². The Morgan fingerprint density at radius 2 is 1.74 bits per heavy atom. The van der Waals surface area contributed by atoms with E-state index in [4.69, 9.17) is 10.5 Å². The molecule has 0 aliphatic carbocycles. The first-order valence-electron chi connectivity index (χ1n) is 7.97. The summed E-state index contributed by atoms with van der Waals surface area (Å²) in [6.07, 6.45) is 0.658. The number of benzene rings is 2. The highest BCUT2D eigenvalue weighted by molar-refractivity contribution is 5.83. The van der Waals surface area contributed by atoms with Crippen LogP contribution in [0.5, 0.6) is 0 Å². The second kappa shape index (κ2) is 7.40. The third-order valence-electron chi connectivity index (χ3n) is 4.12. The van der Waals surface area contributed by atoms with Crippen molar-refractivity contribution in [1.29, 1.82) is 0 Å². The average Bonchev–Trinajstić information content (AvgIpc) is 3.11. The average molecular weight is 310 g/mol. The van der Waals surface area contributed by atoms with Gasteiger partial charge in [0.05, 0.1) is 0 Å². The van der Waals surface area contributed by atoms with Gasteiger partial charge in [0.15, 0.2) is 0 Å². The number of ether oxygens (including phenoxy) is 1. The van der Waals surface area contributed by atoms with Gasteiger partial charge in [0, 0.05) is 6.04 Å². The molecule has 0 saturated heterocycles. The SMILES string of the molecule is N[C@@H](CCc1ccccc1)C(O)C1=N[C@@H](c2ccccc2)CO1. The van der Waals surface area contributed by atoms with Gasteiger partial charge in [0.25, 0.3) is 0 Å². The van der Waals surface area contributed by atoms with Gasteiger partial charge in [0.1, 0.15) is 18.8 Å². The summed E-state index contributed by atoms with van der Waals surface area (Å²) >= 11 is 0. The minimum atomic E-state index is -0.854. The van der Waals surface area contributed by atoms with Crippen molar-refractivity contribution in [1.82, 2.24) is 0 Å². The number of nitrogens with two attached hydrogens (primary N) is 1. The van der Waals surface area contributed by atoms with Gasteiger partial charge in [0.2, 0.25) is 5.90 Å². The second-order valence-corrected chi connectivity index (χ2v) is 5.84. The van der Waals surface area contributed by atoms with Crippen molar-refractivity contribution in [3.63, 3.8) is 0 Å². The van der Waals surface area contributed by atoms with Gasteiger partial charge in [-0.2, -0.15) is 0 Å². The maximum Gasteiger partial charge on any atom is 0.215 e. The summed E-state index contributed by atoms with van der Waals surface area (Å²) in [7, 11) is 0. The third-order valence-corrected chi connectivity index (χ3v) is 4.12. The number of nitrogens with zero attached hydrogens (tertiary/aromatic N) is 1. The number of aryl methyl sites for hydroxylation is 1. The van der Waals surface area contributed by atoms with Crippen LogP contribution < -0.4 is 5.73 Å². The van der Waals surface area contributed by atoms with Crippen LogP contribution >= 0.6 is 0 Å². The highest BCUT2D eigenvalue weighted by atomic mass is 16.5. The van der Waals surface area contributed by atoms with E-state index >= 15 is 0 Å². The molecule has 1 aliphatic rings. The van der Waals surface area contributed by atoms with Crippen molar-refractivity contribution in [3.8, 4) is 0 Å². The quantitative estimate of drug-likeness (QED) is 0.861. The molecule has 0 amide bonds. The molecule has 2 aromatic rings. The fourth-order valence-corrected chi connectivity index (χ4v) is 2.72. The molecule has 1 unspecified atom stereocenters. The summed E-state index contributed by atoms with van der Waals surface area (Å²) in [6.45, 7) is 0.460. The molecule has 120 valence electrons. The van der Waals surface area contributed by atoms with Gasteiger partial charge < -0.3 is 15.6 Å². The molecule has 0 saturated carbocycles. The summed E-state index contributed by atoms with van der Waals surface area (Å²) in [5.41, 5.74) is 8.42. The minimum Gasteiger partial charge on any atom is -0.476 e. The third kappa shape index (κ3) is 3.97. The van der Waals surface area contributed by atoms with E-state index < -0.39 is 6.10 Å². The molecule has 23 heavy (non-hydrogen) atoms. The Morgan fingerprint density at radius 1 is 1.09 bits per heavy atom. The lowest BCUT2D eigenvalue weighted by molar-refractivity contribution is 0.168. The standard InChI is InChI=1S/C19H22N2O2/c20-16(12-11-14-7-3-1-4-8-14)18(22)19-21-17(13-23-19)15-9-5-2-6-10-15/h1-10,16-18,22H,11-13,20H2/t16-,17+,18?/m0/s1. The molecule has 1 heterocycles. The van der Waals surface area contributed by atoms with Crippen molar-refractivity contribution < 1.29 is 9.84 Å². The van der Waals surface area contributed by atoms with Crippen LogP contribution in [0.15, 0.2) is 65.7 Å². The summed E-state index contributed by atoms with van der Waals surface area (Å²) in [5.74, 6) is 0.361. The first-order valence-corrected chi connectivity index (χ1v) is 7.97. The molecule has 3 rings (SSSR count). The van der Waals surface area contributed by atoms with Crippen LogP contribution in [0.4, 0.5) is 0 Å². The second-order valence-electron chi connectivity index (χ2n) is 5.84. The molecule has 1 aliphatic heterocycles. The number of hydrogen-bond donors (Lipinski definition) is 2. The summed E-state index contributed by atoms with van der Waals surface area (Å²) in [5, 5.41) is 10.4. The van der Waals surface area contributed by atoms with Crippen LogP contribution in [-0.4, -0.2) is 29.8 Å². The molecule has 2 aromatic carbocycles. The van der Waals surface area contributed by atoms with E-state index in [0.717, 1.165) is 12.0 Å². The van der Waals surface area contributed by atoms with Crippen LogP contribution in [0.2, 0.25) is 0 Å². The fourth-order valence-electron chi connectivity index (χ4n) is 2.72. The zero-order valence-corrected chi connectivity index (χ0v) is 13.0.